The lowest BCUT2D eigenvalue weighted by Crippen LogP contribution is -2.24. The highest BCUT2D eigenvalue weighted by Crippen LogP contribution is 2.31. The molecule has 1 aliphatic carbocycles. The van der Waals surface area contributed by atoms with E-state index in [0.29, 0.717) is 22.3 Å². The van der Waals surface area contributed by atoms with Crippen LogP contribution in [0.15, 0.2) is 52.1 Å². The number of nitrogens with zero attached hydrogens (tertiary/aromatic N) is 3. The molecule has 0 aromatic rings. The number of hydrazone groups is 1. The van der Waals surface area contributed by atoms with Crippen LogP contribution in [-0.2, 0) is 0 Å². The van der Waals surface area contributed by atoms with Crippen molar-refractivity contribution >= 4 is 12.4 Å². The second kappa shape index (κ2) is 5.23. The predicted molar refractivity (Wildman–Crippen MR) is 71.5 cm³/mol. The third-order valence-electron chi connectivity index (χ3n) is 3.02. The molecule has 1 heterocycles. The lowest BCUT2D eigenvalue weighted by Gasteiger charge is -2.25. The van der Waals surface area contributed by atoms with Gasteiger partial charge in [-0.2, -0.15) is 13.2 Å². The normalized spacial score (nSPS) is 21.0. The van der Waals surface area contributed by atoms with E-state index in [1.807, 2.05) is 0 Å². The van der Waals surface area contributed by atoms with Crippen molar-refractivity contribution in [2.45, 2.75) is 12.6 Å². The van der Waals surface area contributed by atoms with Crippen LogP contribution in [0.1, 0.15) is 6.42 Å². The number of halogens is 3. The minimum absolute atomic E-state index is 0.172. The summed E-state index contributed by atoms with van der Waals surface area (Å²) >= 11 is 0. The highest BCUT2D eigenvalue weighted by molar-refractivity contribution is 6.09. The third-order valence-corrected chi connectivity index (χ3v) is 3.02. The Morgan fingerprint density at radius 1 is 1.38 bits per heavy atom. The summed E-state index contributed by atoms with van der Waals surface area (Å²) in [5.74, 6) is -0.214. The Morgan fingerprint density at radius 3 is 2.57 bits per heavy atom. The van der Waals surface area contributed by atoms with Gasteiger partial charge in [-0.1, -0.05) is 16.8 Å². The summed E-state index contributed by atoms with van der Waals surface area (Å²) in [6.45, 7) is 3.24. The molecule has 1 aliphatic heterocycles. The third kappa shape index (κ3) is 3.07. The highest BCUT2D eigenvalue weighted by Gasteiger charge is 2.46. The molecule has 2 rings (SSSR count). The summed E-state index contributed by atoms with van der Waals surface area (Å²) < 4.78 is 38.8. The maximum atomic E-state index is 12.7. The van der Waals surface area contributed by atoms with Gasteiger partial charge in [-0.25, -0.2) is 0 Å². The van der Waals surface area contributed by atoms with Gasteiger partial charge < -0.3 is 10.0 Å². The van der Waals surface area contributed by atoms with Crippen molar-refractivity contribution in [3.05, 3.63) is 47.0 Å². The fraction of sp³-hybridized carbons (Fsp3) is 0.286. The molecule has 0 aromatic carbocycles. The smallest absolute Gasteiger partial charge is 0.480 e. The van der Waals surface area contributed by atoms with E-state index in [2.05, 4.69) is 11.8 Å². The van der Waals surface area contributed by atoms with Crippen LogP contribution in [0.4, 0.5) is 13.2 Å². The summed E-state index contributed by atoms with van der Waals surface area (Å²) in [7, 11) is 3.22. The first-order valence-corrected chi connectivity index (χ1v) is 6.14. The van der Waals surface area contributed by atoms with Crippen LogP contribution >= 0.6 is 0 Å². The number of alkyl halides is 3. The highest BCUT2D eigenvalue weighted by atomic mass is 19.4. The molecule has 0 saturated heterocycles. The van der Waals surface area contributed by atoms with Crippen molar-refractivity contribution in [3.8, 4) is 0 Å². The molecule has 0 bridgehead atoms. The lowest BCUT2D eigenvalue weighted by atomic mass is 9.97. The van der Waals surface area contributed by atoms with Gasteiger partial charge in [0, 0.05) is 19.2 Å². The van der Waals surface area contributed by atoms with Crippen molar-refractivity contribution in [1.82, 2.24) is 4.90 Å². The predicted octanol–water partition coefficient (Wildman–Crippen LogP) is 1.54. The molecule has 0 N–H and O–H groups in total. The van der Waals surface area contributed by atoms with Gasteiger partial charge in [0.2, 0.25) is 0 Å². The molecule has 21 heavy (non-hydrogen) atoms. The Morgan fingerprint density at radius 2 is 2.05 bits per heavy atom. The fourth-order valence-electron chi connectivity index (χ4n) is 1.98. The summed E-state index contributed by atoms with van der Waals surface area (Å²) in [6, 6.07) is 0. The average Bonchev–Trinajstić information content (AvgIpc) is 2.80. The van der Waals surface area contributed by atoms with Crippen LogP contribution in [0, 0.1) is 0 Å². The van der Waals surface area contributed by atoms with Gasteiger partial charge in [-0.3, -0.25) is 0 Å². The van der Waals surface area contributed by atoms with E-state index in [1.165, 1.54) is 4.90 Å². The van der Waals surface area contributed by atoms with Gasteiger partial charge in [0.15, 0.2) is 6.72 Å². The van der Waals surface area contributed by atoms with Crippen LogP contribution < -0.4 is 5.11 Å². The van der Waals surface area contributed by atoms with E-state index in [4.69, 9.17) is 0 Å². The molecular weight excluding hydrogens is 283 g/mol. The number of rotatable bonds is 2. The summed E-state index contributed by atoms with van der Waals surface area (Å²) in [5, 5.41) is 15.7. The van der Waals surface area contributed by atoms with E-state index in [-0.39, 0.29) is 11.6 Å². The fourth-order valence-corrected chi connectivity index (χ4v) is 1.98. The maximum absolute atomic E-state index is 12.7. The molecule has 0 atom stereocenters. The summed E-state index contributed by atoms with van der Waals surface area (Å²) in [6.07, 6.45) is 1.78. The molecule has 0 spiro atoms. The van der Waals surface area contributed by atoms with Crippen LogP contribution in [-0.4, -0.2) is 42.3 Å². The molecule has 112 valence electrons. The van der Waals surface area contributed by atoms with Gasteiger partial charge in [0.25, 0.3) is 0 Å². The first-order valence-electron chi connectivity index (χ1n) is 6.14. The second-order valence-corrected chi connectivity index (χ2v) is 4.84. The largest absolute Gasteiger partial charge is 0.860 e. The molecular formula is C14H14F3N3O. The quantitative estimate of drug-likeness (QED) is 0.573. The Kier molecular flexibility index (Phi) is 3.76. The van der Waals surface area contributed by atoms with Crippen LogP contribution in [0.2, 0.25) is 0 Å². The second-order valence-electron chi connectivity index (χ2n) is 4.84. The number of hydrogen-bond donors (Lipinski definition) is 0. The molecule has 0 saturated carbocycles. The van der Waals surface area contributed by atoms with Gasteiger partial charge in [-0.05, 0) is 29.5 Å². The standard InChI is InChI=1S/C14H14F3N3O/c1-19(2)13(21)10-6-4-5-9(7-10)11-8-12(14(15,16)17)20(3)18-11/h4,6-8H,3,5H2,1-2H3. The molecule has 2 aliphatic rings. The monoisotopic (exact) mass is 297 g/mol. The van der Waals surface area contributed by atoms with Gasteiger partial charge in [0.1, 0.15) is 5.71 Å². The first kappa shape index (κ1) is 15.1. The van der Waals surface area contributed by atoms with Gasteiger partial charge in [0.05, 0.1) is 6.08 Å². The SMILES string of the molecule is C=[N+]1N=C(C2=CC(=C([O-])N(C)C)C=CC2)C=C1C(F)(F)F. The minimum Gasteiger partial charge on any atom is -0.860 e. The van der Waals surface area contributed by atoms with E-state index >= 15 is 0 Å². The van der Waals surface area contributed by atoms with Crippen molar-refractivity contribution in [3.63, 3.8) is 0 Å². The zero-order chi connectivity index (χ0) is 15.8. The number of allylic oxidation sites excluding steroid dienone is 7. The molecule has 4 nitrogen and oxygen atoms in total. The molecule has 0 amide bonds. The first-order chi connectivity index (χ1) is 9.70. The van der Waals surface area contributed by atoms with Crippen LogP contribution in [0.3, 0.4) is 0 Å². The van der Waals surface area contributed by atoms with Crippen molar-refractivity contribution < 1.29 is 23.0 Å². The van der Waals surface area contributed by atoms with E-state index in [9.17, 15) is 18.3 Å². The Bertz CT molecular complexity index is 634. The molecule has 7 heteroatoms. The minimum atomic E-state index is -4.51. The van der Waals surface area contributed by atoms with E-state index in [0.717, 1.165) is 6.08 Å². The zero-order valence-corrected chi connectivity index (χ0v) is 11.6. The topological polar surface area (TPSA) is 41.7 Å². The van der Waals surface area contributed by atoms with E-state index < -0.39 is 11.9 Å². The van der Waals surface area contributed by atoms with Crippen molar-refractivity contribution in [1.29, 1.82) is 0 Å². The summed E-state index contributed by atoms with van der Waals surface area (Å²) in [4.78, 5) is 1.40. The van der Waals surface area contributed by atoms with Crippen molar-refractivity contribution in [2.24, 2.45) is 5.10 Å². The zero-order valence-electron chi connectivity index (χ0n) is 11.6. The lowest BCUT2D eigenvalue weighted by molar-refractivity contribution is -0.497. The molecule has 0 radical (unpaired) electrons. The van der Waals surface area contributed by atoms with Gasteiger partial charge in [-0.15, -0.1) is 0 Å². The molecule has 0 unspecified atom stereocenters. The average molecular weight is 297 g/mol. The summed E-state index contributed by atoms with van der Waals surface area (Å²) in [5.41, 5.74) is 0.211. The van der Waals surface area contributed by atoms with E-state index in [1.54, 1.807) is 32.3 Å². The molecule has 0 fully saturated rings. The van der Waals surface area contributed by atoms with Crippen molar-refractivity contribution in [2.75, 3.05) is 14.1 Å². The van der Waals surface area contributed by atoms with Gasteiger partial charge >= 0.3 is 11.9 Å². The Hall–Kier alpha value is -2.31. The number of hydrogen-bond acceptors (Lipinski definition) is 3. The Balaban J connectivity index is 2.37. The van der Waals surface area contributed by atoms with Crippen LogP contribution in [0.5, 0.6) is 0 Å². The molecule has 0 aromatic heterocycles. The van der Waals surface area contributed by atoms with Crippen LogP contribution in [0.25, 0.3) is 0 Å². The maximum Gasteiger partial charge on any atom is 0.480 e. The Labute approximate surface area is 120 Å².